The van der Waals surface area contributed by atoms with Crippen molar-refractivity contribution in [3.05, 3.63) is 47.8 Å². The predicted octanol–water partition coefficient (Wildman–Crippen LogP) is 2.12. The zero-order valence-electron chi connectivity index (χ0n) is 12.3. The number of H-pyrrole nitrogens is 1. The van der Waals surface area contributed by atoms with Crippen molar-refractivity contribution in [2.75, 3.05) is 5.32 Å². The second-order valence-electron chi connectivity index (χ2n) is 5.65. The number of hydrogen-bond acceptors (Lipinski definition) is 3. The summed E-state index contributed by atoms with van der Waals surface area (Å²) in [6.07, 6.45) is 0.0414. The van der Waals surface area contributed by atoms with E-state index in [0.29, 0.717) is 33.4 Å². The van der Waals surface area contributed by atoms with E-state index in [1.54, 1.807) is 6.07 Å². The van der Waals surface area contributed by atoms with Crippen LogP contribution in [0.25, 0.3) is 22.2 Å². The van der Waals surface area contributed by atoms with Gasteiger partial charge in [0.2, 0.25) is 15.9 Å². The van der Waals surface area contributed by atoms with Gasteiger partial charge in [0.25, 0.3) is 0 Å². The molecule has 2 heterocycles. The number of carbonyl (C=O) groups is 1. The van der Waals surface area contributed by atoms with Crippen molar-refractivity contribution in [2.24, 2.45) is 5.14 Å². The summed E-state index contributed by atoms with van der Waals surface area (Å²) >= 11 is 0. The second-order valence-corrected chi connectivity index (χ2v) is 7.21. The molecule has 0 atom stereocenters. The molecule has 4 rings (SSSR count). The molecular weight excluding hydrogens is 333 g/mol. The highest BCUT2D eigenvalue weighted by molar-refractivity contribution is 7.89. The number of fused-ring (bicyclic) bond motifs is 5. The fraction of sp³-hybridized carbons (Fsp3) is 0.0625. The summed E-state index contributed by atoms with van der Waals surface area (Å²) in [6, 6.07) is 8.50. The lowest BCUT2D eigenvalue weighted by molar-refractivity contribution is -0.115. The van der Waals surface area contributed by atoms with Crippen molar-refractivity contribution in [3.8, 4) is 11.3 Å². The van der Waals surface area contributed by atoms with Gasteiger partial charge in [-0.1, -0.05) is 0 Å². The third-order valence-electron chi connectivity index (χ3n) is 4.07. The minimum atomic E-state index is -3.86. The van der Waals surface area contributed by atoms with Crippen LogP contribution in [-0.2, 0) is 21.2 Å². The van der Waals surface area contributed by atoms with E-state index in [1.165, 1.54) is 30.3 Å². The highest BCUT2D eigenvalue weighted by Gasteiger charge is 2.24. The number of benzene rings is 2. The standard InChI is InChI=1S/C16H12FN3O3S/c17-8-1-3-14-12(5-8)16-11(7-15(21)19-14)10-6-9(24(18,22)23)2-4-13(10)20-16/h1-6,20H,7H2,(H,19,21)(H2,18,22,23). The van der Waals surface area contributed by atoms with Crippen molar-refractivity contribution >= 4 is 32.5 Å². The molecular formula is C16H12FN3O3S. The minimum absolute atomic E-state index is 0.0408. The second kappa shape index (κ2) is 4.89. The molecule has 0 unspecified atom stereocenters. The molecule has 0 bridgehead atoms. The number of carbonyl (C=O) groups excluding carboxylic acids is 1. The van der Waals surface area contributed by atoms with Crippen LogP contribution in [0.4, 0.5) is 10.1 Å². The van der Waals surface area contributed by atoms with Crippen molar-refractivity contribution in [1.82, 2.24) is 4.98 Å². The van der Waals surface area contributed by atoms with E-state index in [4.69, 9.17) is 5.14 Å². The number of rotatable bonds is 1. The number of aromatic nitrogens is 1. The molecule has 1 amide bonds. The molecule has 6 nitrogen and oxygen atoms in total. The van der Waals surface area contributed by atoms with Crippen LogP contribution in [0.15, 0.2) is 41.3 Å². The minimum Gasteiger partial charge on any atom is -0.354 e. The maximum Gasteiger partial charge on any atom is 0.238 e. The van der Waals surface area contributed by atoms with Gasteiger partial charge in [-0.2, -0.15) is 0 Å². The number of sulfonamides is 1. The lowest BCUT2D eigenvalue weighted by Crippen LogP contribution is -2.13. The SMILES string of the molecule is NS(=O)(=O)c1ccc2[nH]c3c(c2c1)CC(=O)Nc1ccc(F)cc1-3. The zero-order chi connectivity index (χ0) is 17.1. The van der Waals surface area contributed by atoms with Gasteiger partial charge >= 0.3 is 0 Å². The number of nitrogens with one attached hydrogen (secondary N) is 2. The van der Waals surface area contributed by atoms with E-state index in [9.17, 15) is 17.6 Å². The summed E-state index contributed by atoms with van der Waals surface area (Å²) < 4.78 is 36.8. The van der Waals surface area contributed by atoms with E-state index in [2.05, 4.69) is 10.3 Å². The Morgan fingerprint density at radius 3 is 2.67 bits per heavy atom. The largest absolute Gasteiger partial charge is 0.354 e. The third-order valence-corrected chi connectivity index (χ3v) is 4.98. The Labute approximate surface area is 136 Å². The molecule has 0 spiro atoms. The predicted molar refractivity (Wildman–Crippen MR) is 87.4 cm³/mol. The average Bonchev–Trinajstić information content (AvgIpc) is 2.79. The first-order valence-electron chi connectivity index (χ1n) is 7.10. The molecule has 0 saturated heterocycles. The highest BCUT2D eigenvalue weighted by atomic mass is 32.2. The summed E-state index contributed by atoms with van der Waals surface area (Å²) in [4.78, 5) is 15.3. The Morgan fingerprint density at radius 1 is 1.12 bits per heavy atom. The van der Waals surface area contributed by atoms with Crippen molar-refractivity contribution in [1.29, 1.82) is 0 Å². The molecule has 1 aliphatic heterocycles. The maximum absolute atomic E-state index is 13.7. The van der Waals surface area contributed by atoms with Crippen LogP contribution in [0.3, 0.4) is 0 Å². The van der Waals surface area contributed by atoms with Crippen molar-refractivity contribution in [2.45, 2.75) is 11.3 Å². The summed E-state index contributed by atoms with van der Waals surface area (Å²) in [5.41, 5.74) is 2.86. The quantitative estimate of drug-likeness (QED) is 0.629. The molecule has 0 fully saturated rings. The van der Waals surface area contributed by atoms with Gasteiger partial charge in [-0.3, -0.25) is 4.79 Å². The van der Waals surface area contributed by atoms with Crippen molar-refractivity contribution in [3.63, 3.8) is 0 Å². The van der Waals surface area contributed by atoms with Crippen LogP contribution in [0, 0.1) is 5.82 Å². The molecule has 0 radical (unpaired) electrons. The monoisotopic (exact) mass is 345 g/mol. The Kier molecular flexibility index (Phi) is 3.03. The van der Waals surface area contributed by atoms with Gasteiger partial charge in [0.15, 0.2) is 0 Å². The number of halogens is 1. The summed E-state index contributed by atoms with van der Waals surface area (Å²) in [6.45, 7) is 0. The fourth-order valence-corrected chi connectivity index (χ4v) is 3.54. The zero-order valence-corrected chi connectivity index (χ0v) is 13.1. The average molecular weight is 345 g/mol. The smallest absolute Gasteiger partial charge is 0.238 e. The first-order valence-corrected chi connectivity index (χ1v) is 8.65. The van der Waals surface area contributed by atoms with Crippen molar-refractivity contribution < 1.29 is 17.6 Å². The maximum atomic E-state index is 13.7. The summed E-state index contributed by atoms with van der Waals surface area (Å²) in [5.74, 6) is -0.691. The van der Waals surface area contributed by atoms with Gasteiger partial charge in [0, 0.05) is 16.5 Å². The van der Waals surface area contributed by atoms with Gasteiger partial charge in [0.05, 0.1) is 22.7 Å². The van der Waals surface area contributed by atoms with Gasteiger partial charge in [-0.15, -0.1) is 0 Å². The van der Waals surface area contributed by atoms with E-state index in [1.807, 2.05) is 0 Å². The number of aromatic amines is 1. The Bertz CT molecular complexity index is 1120. The third kappa shape index (κ3) is 2.27. The van der Waals surface area contributed by atoms with Gasteiger partial charge in [-0.05, 0) is 42.0 Å². The lowest BCUT2D eigenvalue weighted by Gasteiger charge is -2.06. The first-order chi connectivity index (χ1) is 11.3. The van der Waals surface area contributed by atoms with E-state index < -0.39 is 15.8 Å². The lowest BCUT2D eigenvalue weighted by atomic mass is 10.0. The molecule has 122 valence electrons. The highest BCUT2D eigenvalue weighted by Crippen LogP contribution is 2.38. The molecule has 0 saturated carbocycles. The fourth-order valence-electron chi connectivity index (χ4n) is 3.00. The van der Waals surface area contributed by atoms with Gasteiger partial charge in [-0.25, -0.2) is 17.9 Å². The number of anilines is 1. The number of hydrogen-bond donors (Lipinski definition) is 3. The van der Waals surface area contributed by atoms with Crippen LogP contribution < -0.4 is 10.5 Å². The molecule has 3 aromatic rings. The van der Waals surface area contributed by atoms with Crippen LogP contribution in [0.1, 0.15) is 5.56 Å². The van der Waals surface area contributed by atoms with Crippen LogP contribution in [-0.4, -0.2) is 19.3 Å². The summed E-state index contributed by atoms with van der Waals surface area (Å²) in [7, 11) is -3.86. The van der Waals surface area contributed by atoms with E-state index in [-0.39, 0.29) is 17.2 Å². The number of nitrogens with two attached hydrogens (primary N) is 1. The van der Waals surface area contributed by atoms with Gasteiger partial charge < -0.3 is 10.3 Å². The molecule has 1 aliphatic rings. The number of amides is 1. The van der Waals surface area contributed by atoms with Gasteiger partial charge in [0.1, 0.15) is 5.82 Å². The molecule has 8 heteroatoms. The first kappa shape index (κ1) is 14.9. The van der Waals surface area contributed by atoms with Crippen LogP contribution >= 0.6 is 0 Å². The normalized spacial score (nSPS) is 14.0. The Hall–Kier alpha value is -2.71. The molecule has 1 aromatic heterocycles. The topological polar surface area (TPSA) is 105 Å². The molecule has 2 aromatic carbocycles. The summed E-state index contributed by atoms with van der Waals surface area (Å²) in [5, 5.41) is 8.48. The molecule has 4 N–H and O–H groups in total. The molecule has 0 aliphatic carbocycles. The Morgan fingerprint density at radius 2 is 1.92 bits per heavy atom. The van der Waals surface area contributed by atoms with Crippen LogP contribution in [0.2, 0.25) is 0 Å². The Balaban J connectivity index is 2.07. The number of primary sulfonamides is 1. The molecule has 24 heavy (non-hydrogen) atoms. The van der Waals surface area contributed by atoms with E-state index >= 15 is 0 Å². The van der Waals surface area contributed by atoms with Crippen LogP contribution in [0.5, 0.6) is 0 Å². The van der Waals surface area contributed by atoms with E-state index in [0.717, 1.165) is 0 Å².